The Bertz CT molecular complexity index is 140. The summed E-state index contributed by atoms with van der Waals surface area (Å²) in [6, 6.07) is 0. The molecule has 2 radical (unpaired) electrons. The molecule has 32 valence electrons. The lowest BCUT2D eigenvalue weighted by atomic mass is 10.1. The molecule has 0 aromatic carbocycles. The van der Waals surface area contributed by atoms with E-state index in [0.717, 1.165) is 0 Å². The van der Waals surface area contributed by atoms with Gasteiger partial charge in [-0.3, -0.25) is 9.97 Å². The lowest BCUT2D eigenvalue weighted by Crippen LogP contribution is -2.06. The van der Waals surface area contributed by atoms with E-state index in [1.54, 1.807) is 12.4 Å². The third-order valence-electron chi connectivity index (χ3n) is 0.583. The van der Waals surface area contributed by atoms with Crippen LogP contribution in [-0.2, 0) is 0 Å². The lowest BCUT2D eigenvalue weighted by molar-refractivity contribution is 1.24. The van der Waals surface area contributed by atoms with Gasteiger partial charge in [0.05, 0.1) is 0 Å². The Morgan fingerprint density at radius 2 is 2.29 bits per heavy atom. The van der Waals surface area contributed by atoms with E-state index in [2.05, 4.69) is 9.97 Å². The summed E-state index contributed by atoms with van der Waals surface area (Å²) < 4.78 is 0. The van der Waals surface area contributed by atoms with Gasteiger partial charge in [0.15, 0.2) is 0 Å². The monoisotopic (exact) mass is 90.0 g/mol. The molecule has 7 heavy (non-hydrogen) atoms. The average Bonchev–Trinajstić information content (AvgIpc) is 1.69. The Morgan fingerprint density at radius 3 is 2.57 bits per heavy atom. The van der Waals surface area contributed by atoms with Crippen LogP contribution in [0.1, 0.15) is 0 Å². The molecule has 0 fully saturated rings. The van der Waals surface area contributed by atoms with Crippen molar-refractivity contribution in [3.63, 3.8) is 0 Å². The molecule has 0 amide bonds. The summed E-state index contributed by atoms with van der Waals surface area (Å²) in [6.45, 7) is 0. The highest BCUT2D eigenvalue weighted by Gasteiger charge is 1.74. The highest BCUT2D eigenvalue weighted by molar-refractivity contribution is 6.30. The highest BCUT2D eigenvalue weighted by Crippen LogP contribution is 1.62. The van der Waals surface area contributed by atoms with E-state index < -0.39 is 0 Å². The van der Waals surface area contributed by atoms with E-state index in [9.17, 15) is 0 Å². The zero-order valence-electron chi connectivity index (χ0n) is 3.70. The first-order valence-electron chi connectivity index (χ1n) is 1.91. The van der Waals surface area contributed by atoms with E-state index >= 15 is 0 Å². The number of hydrogen-bond donors (Lipinski definition) is 0. The number of aromatic nitrogens is 2. The second-order valence-corrected chi connectivity index (χ2v) is 1.13. The molecule has 2 nitrogen and oxygen atoms in total. The van der Waals surface area contributed by atoms with E-state index in [1.165, 1.54) is 6.20 Å². The summed E-state index contributed by atoms with van der Waals surface area (Å²) in [5, 5.41) is 0. The van der Waals surface area contributed by atoms with Crippen LogP contribution in [0.25, 0.3) is 0 Å². The summed E-state index contributed by atoms with van der Waals surface area (Å²) in [5.74, 6) is 0. The first-order chi connectivity index (χ1) is 3.39. The molecular weight excluding hydrogens is 86.9 g/mol. The zero-order valence-corrected chi connectivity index (χ0v) is 3.70. The molecule has 0 saturated carbocycles. The van der Waals surface area contributed by atoms with Crippen molar-refractivity contribution in [1.82, 2.24) is 9.97 Å². The van der Waals surface area contributed by atoms with Crippen molar-refractivity contribution in [2.24, 2.45) is 0 Å². The summed E-state index contributed by atoms with van der Waals surface area (Å²) in [7, 11) is 5.18. The summed E-state index contributed by atoms with van der Waals surface area (Å²) in [5.41, 5.74) is 0.461. The van der Waals surface area contributed by atoms with Gasteiger partial charge in [0.1, 0.15) is 7.85 Å². The Hall–Kier alpha value is -0.855. The molecule has 0 aliphatic heterocycles. The zero-order chi connectivity index (χ0) is 5.11. The Kier molecular flexibility index (Phi) is 1.07. The van der Waals surface area contributed by atoms with Crippen LogP contribution in [0.15, 0.2) is 18.6 Å². The fourth-order valence-corrected chi connectivity index (χ4v) is 0.311. The summed E-state index contributed by atoms with van der Waals surface area (Å²) in [6.07, 6.45) is 4.63. The maximum absolute atomic E-state index is 5.18. The molecule has 1 rings (SSSR count). The number of hydrogen-bond acceptors (Lipinski definition) is 2. The van der Waals surface area contributed by atoms with Crippen molar-refractivity contribution < 1.29 is 0 Å². The van der Waals surface area contributed by atoms with Crippen molar-refractivity contribution in [2.45, 2.75) is 0 Å². The lowest BCUT2D eigenvalue weighted by Gasteiger charge is -1.82. The molecule has 0 aliphatic carbocycles. The van der Waals surface area contributed by atoms with Gasteiger partial charge in [-0.15, -0.1) is 0 Å². The van der Waals surface area contributed by atoms with Crippen LogP contribution >= 0.6 is 0 Å². The molecule has 0 unspecified atom stereocenters. The average molecular weight is 89.9 g/mol. The first-order valence-corrected chi connectivity index (χ1v) is 1.91. The Balaban J connectivity index is 3.02. The van der Waals surface area contributed by atoms with E-state index in [-0.39, 0.29) is 0 Å². The van der Waals surface area contributed by atoms with Gasteiger partial charge in [0, 0.05) is 24.2 Å². The van der Waals surface area contributed by atoms with Crippen LogP contribution < -0.4 is 5.59 Å². The van der Waals surface area contributed by atoms with Gasteiger partial charge in [-0.25, -0.2) is 0 Å². The summed E-state index contributed by atoms with van der Waals surface area (Å²) in [4.78, 5) is 7.39. The molecule has 0 spiro atoms. The van der Waals surface area contributed by atoms with Crippen molar-refractivity contribution in [3.05, 3.63) is 18.6 Å². The minimum Gasteiger partial charge on any atom is -0.270 e. The fourth-order valence-electron chi connectivity index (χ4n) is 0.311. The Morgan fingerprint density at radius 1 is 1.43 bits per heavy atom. The largest absolute Gasteiger partial charge is 0.270 e. The topological polar surface area (TPSA) is 25.8 Å². The maximum atomic E-state index is 5.18. The van der Waals surface area contributed by atoms with Crippen molar-refractivity contribution in [2.75, 3.05) is 0 Å². The van der Waals surface area contributed by atoms with Crippen molar-refractivity contribution >= 4 is 13.4 Å². The van der Waals surface area contributed by atoms with Crippen LogP contribution in [0, 0.1) is 0 Å². The SMILES string of the molecule is [B]c1cnccn1. The molecule has 0 aliphatic rings. The molecule has 1 heterocycles. The normalized spacial score (nSPS) is 8.57. The second kappa shape index (κ2) is 1.73. The second-order valence-electron chi connectivity index (χ2n) is 1.13. The van der Waals surface area contributed by atoms with Gasteiger partial charge >= 0.3 is 0 Å². The predicted octanol–water partition coefficient (Wildman–Crippen LogP) is -0.730. The molecule has 0 atom stereocenters. The van der Waals surface area contributed by atoms with E-state index in [0.29, 0.717) is 5.59 Å². The van der Waals surface area contributed by atoms with Crippen LogP contribution in [0.3, 0.4) is 0 Å². The molecular formula is C4H3BN2. The molecule has 3 heteroatoms. The minimum absolute atomic E-state index is 0.461. The third-order valence-corrected chi connectivity index (χ3v) is 0.583. The van der Waals surface area contributed by atoms with Gasteiger partial charge in [0.2, 0.25) is 0 Å². The molecule has 0 N–H and O–H groups in total. The van der Waals surface area contributed by atoms with Gasteiger partial charge in [-0.05, 0) is 0 Å². The van der Waals surface area contributed by atoms with Crippen LogP contribution in [-0.4, -0.2) is 17.8 Å². The van der Waals surface area contributed by atoms with Crippen molar-refractivity contribution in [1.29, 1.82) is 0 Å². The Labute approximate surface area is 43.0 Å². The fraction of sp³-hybridized carbons (Fsp3) is 0. The standard InChI is InChI=1S/C4H3BN2/c5-4-3-6-1-2-7-4/h1-3H. The number of rotatable bonds is 0. The molecule has 1 aromatic heterocycles. The number of nitrogens with zero attached hydrogens (tertiary/aromatic N) is 2. The van der Waals surface area contributed by atoms with Gasteiger partial charge in [-0.2, -0.15) is 0 Å². The molecule has 0 bridgehead atoms. The van der Waals surface area contributed by atoms with E-state index in [4.69, 9.17) is 7.85 Å². The highest BCUT2D eigenvalue weighted by atomic mass is 14.7. The van der Waals surface area contributed by atoms with Crippen molar-refractivity contribution in [3.8, 4) is 0 Å². The quantitative estimate of drug-likeness (QED) is 0.392. The van der Waals surface area contributed by atoms with Gasteiger partial charge in [-0.1, -0.05) is 0 Å². The molecule has 1 aromatic rings. The van der Waals surface area contributed by atoms with Gasteiger partial charge < -0.3 is 0 Å². The molecule has 0 saturated heterocycles. The predicted molar refractivity (Wildman–Crippen MR) is 27.4 cm³/mol. The first kappa shape index (κ1) is 4.31. The van der Waals surface area contributed by atoms with Crippen LogP contribution in [0.5, 0.6) is 0 Å². The van der Waals surface area contributed by atoms with Crippen LogP contribution in [0.4, 0.5) is 0 Å². The maximum Gasteiger partial charge on any atom is 0.143 e. The smallest absolute Gasteiger partial charge is 0.143 e. The summed E-state index contributed by atoms with van der Waals surface area (Å²) >= 11 is 0. The van der Waals surface area contributed by atoms with E-state index in [1.807, 2.05) is 0 Å². The van der Waals surface area contributed by atoms with Crippen LogP contribution in [0.2, 0.25) is 0 Å². The minimum atomic E-state index is 0.461. The van der Waals surface area contributed by atoms with Gasteiger partial charge in [0.25, 0.3) is 0 Å². The third kappa shape index (κ3) is 0.997.